The molecule has 0 spiro atoms. The molecule has 21 heavy (non-hydrogen) atoms. The van der Waals surface area contributed by atoms with Gasteiger partial charge in [-0.25, -0.2) is 0 Å². The molecular weight excluding hydrogens is 256 g/mol. The van der Waals surface area contributed by atoms with Gasteiger partial charge in [0.2, 0.25) is 0 Å². The van der Waals surface area contributed by atoms with Crippen molar-refractivity contribution in [2.75, 3.05) is 6.54 Å². The minimum absolute atomic E-state index is 0.208. The molecule has 0 saturated carbocycles. The van der Waals surface area contributed by atoms with Crippen LogP contribution in [0.5, 0.6) is 0 Å². The van der Waals surface area contributed by atoms with Gasteiger partial charge in [0.15, 0.2) is 0 Å². The number of unbranched alkanes of at least 4 members (excludes halogenated alkanes) is 1. The Hall–Kier alpha value is -1.64. The minimum atomic E-state index is 0.208. The van der Waals surface area contributed by atoms with Crippen LogP contribution in [-0.4, -0.2) is 12.6 Å². The lowest BCUT2D eigenvalue weighted by atomic mass is 9.98. The van der Waals surface area contributed by atoms with E-state index in [-0.39, 0.29) is 12.1 Å². The third-order valence-corrected chi connectivity index (χ3v) is 3.78. The van der Waals surface area contributed by atoms with Crippen LogP contribution in [0.4, 0.5) is 0 Å². The van der Waals surface area contributed by atoms with E-state index in [0.717, 1.165) is 13.0 Å². The van der Waals surface area contributed by atoms with Crippen molar-refractivity contribution in [3.63, 3.8) is 0 Å². The van der Waals surface area contributed by atoms with Gasteiger partial charge in [-0.3, -0.25) is 0 Å². The summed E-state index contributed by atoms with van der Waals surface area (Å²) in [6.07, 6.45) is 3.48. The van der Waals surface area contributed by atoms with Gasteiger partial charge in [0.25, 0.3) is 0 Å². The molecule has 0 saturated heterocycles. The van der Waals surface area contributed by atoms with Gasteiger partial charge in [0.1, 0.15) is 0 Å². The predicted molar refractivity (Wildman–Crippen MR) is 90.2 cm³/mol. The molecule has 2 rings (SSSR count). The topological polar surface area (TPSA) is 38.0 Å². The van der Waals surface area contributed by atoms with Crippen molar-refractivity contribution in [2.45, 2.75) is 38.3 Å². The first-order valence-electron chi connectivity index (χ1n) is 7.90. The van der Waals surface area contributed by atoms with Gasteiger partial charge in [-0.05, 0) is 17.5 Å². The first-order chi connectivity index (χ1) is 10.3. The number of benzene rings is 2. The number of hydrogen-bond donors (Lipinski definition) is 2. The molecule has 0 amide bonds. The fourth-order valence-electron chi connectivity index (χ4n) is 2.56. The maximum atomic E-state index is 6.20. The van der Waals surface area contributed by atoms with Crippen molar-refractivity contribution in [1.29, 1.82) is 0 Å². The van der Waals surface area contributed by atoms with Crippen molar-refractivity contribution in [3.8, 4) is 0 Å². The molecule has 0 aromatic heterocycles. The average Bonchev–Trinajstić information content (AvgIpc) is 2.55. The van der Waals surface area contributed by atoms with E-state index in [2.05, 4.69) is 72.9 Å². The van der Waals surface area contributed by atoms with Gasteiger partial charge >= 0.3 is 0 Å². The molecule has 3 N–H and O–H groups in total. The molecule has 2 nitrogen and oxygen atoms in total. The van der Waals surface area contributed by atoms with Crippen LogP contribution < -0.4 is 11.1 Å². The Morgan fingerprint density at radius 2 is 1.43 bits per heavy atom. The van der Waals surface area contributed by atoms with Crippen LogP contribution in [0.2, 0.25) is 0 Å². The van der Waals surface area contributed by atoms with E-state index in [0.29, 0.717) is 0 Å². The van der Waals surface area contributed by atoms with Crippen LogP contribution in [0.25, 0.3) is 0 Å². The third kappa shape index (κ3) is 5.00. The zero-order chi connectivity index (χ0) is 14.9. The second-order valence-corrected chi connectivity index (χ2v) is 5.56. The lowest BCUT2D eigenvalue weighted by Gasteiger charge is -2.22. The van der Waals surface area contributed by atoms with E-state index in [4.69, 9.17) is 5.73 Å². The summed E-state index contributed by atoms with van der Waals surface area (Å²) < 4.78 is 0. The van der Waals surface area contributed by atoms with Crippen LogP contribution in [0.3, 0.4) is 0 Å². The fourth-order valence-corrected chi connectivity index (χ4v) is 2.56. The summed E-state index contributed by atoms with van der Waals surface area (Å²) in [5.41, 5.74) is 8.77. The predicted octanol–water partition coefficient (Wildman–Crippen LogP) is 3.88. The van der Waals surface area contributed by atoms with Crippen LogP contribution in [-0.2, 0) is 0 Å². The molecule has 0 radical (unpaired) electrons. The summed E-state index contributed by atoms with van der Waals surface area (Å²) in [6, 6.07) is 21.6. The summed E-state index contributed by atoms with van der Waals surface area (Å²) in [7, 11) is 0. The highest BCUT2D eigenvalue weighted by molar-refractivity contribution is 5.31. The molecule has 2 heteroatoms. The Morgan fingerprint density at radius 3 is 1.90 bits per heavy atom. The number of hydrogen-bond acceptors (Lipinski definition) is 2. The SMILES string of the molecule is CCCCC(N)CNC(c1ccccc1)c1ccccc1. The molecule has 1 atom stereocenters. The number of nitrogens with two attached hydrogens (primary N) is 1. The van der Waals surface area contributed by atoms with E-state index in [1.807, 2.05) is 0 Å². The molecule has 0 aliphatic rings. The molecule has 2 aromatic carbocycles. The highest BCUT2D eigenvalue weighted by Crippen LogP contribution is 2.21. The van der Waals surface area contributed by atoms with E-state index in [1.165, 1.54) is 24.0 Å². The lowest BCUT2D eigenvalue weighted by molar-refractivity contribution is 0.498. The van der Waals surface area contributed by atoms with Crippen LogP contribution in [0.15, 0.2) is 60.7 Å². The van der Waals surface area contributed by atoms with Crippen molar-refractivity contribution in [3.05, 3.63) is 71.8 Å². The van der Waals surface area contributed by atoms with Gasteiger partial charge in [-0.2, -0.15) is 0 Å². The van der Waals surface area contributed by atoms with Crippen molar-refractivity contribution >= 4 is 0 Å². The molecule has 0 bridgehead atoms. The summed E-state index contributed by atoms with van der Waals surface area (Å²) in [4.78, 5) is 0. The van der Waals surface area contributed by atoms with E-state index < -0.39 is 0 Å². The smallest absolute Gasteiger partial charge is 0.0577 e. The second-order valence-electron chi connectivity index (χ2n) is 5.56. The Kier molecular flexibility index (Phi) is 6.45. The van der Waals surface area contributed by atoms with E-state index in [1.54, 1.807) is 0 Å². The van der Waals surface area contributed by atoms with Crippen LogP contribution >= 0.6 is 0 Å². The molecule has 0 heterocycles. The maximum absolute atomic E-state index is 6.20. The van der Waals surface area contributed by atoms with E-state index >= 15 is 0 Å². The largest absolute Gasteiger partial charge is 0.327 e. The molecule has 1 unspecified atom stereocenters. The molecule has 2 aromatic rings. The molecule has 0 aliphatic heterocycles. The molecule has 112 valence electrons. The van der Waals surface area contributed by atoms with Crippen LogP contribution in [0.1, 0.15) is 43.4 Å². The Morgan fingerprint density at radius 1 is 0.905 bits per heavy atom. The van der Waals surface area contributed by atoms with Crippen molar-refractivity contribution in [1.82, 2.24) is 5.32 Å². The zero-order valence-corrected chi connectivity index (χ0v) is 12.8. The Balaban J connectivity index is 2.07. The Labute approximate surface area is 128 Å². The monoisotopic (exact) mass is 282 g/mol. The first-order valence-corrected chi connectivity index (χ1v) is 7.90. The normalized spacial score (nSPS) is 12.5. The van der Waals surface area contributed by atoms with Gasteiger partial charge in [0.05, 0.1) is 6.04 Å². The highest BCUT2D eigenvalue weighted by atomic mass is 14.9. The zero-order valence-electron chi connectivity index (χ0n) is 12.8. The standard InChI is InChI=1S/C19H26N2/c1-2-3-14-18(20)15-21-19(16-10-6-4-7-11-16)17-12-8-5-9-13-17/h4-13,18-19,21H,2-3,14-15,20H2,1H3. The Bertz CT molecular complexity index is 456. The van der Waals surface area contributed by atoms with E-state index in [9.17, 15) is 0 Å². The maximum Gasteiger partial charge on any atom is 0.0577 e. The number of nitrogens with one attached hydrogen (secondary N) is 1. The fraction of sp³-hybridized carbons (Fsp3) is 0.368. The lowest BCUT2D eigenvalue weighted by Crippen LogP contribution is -2.36. The van der Waals surface area contributed by atoms with Gasteiger partial charge in [0, 0.05) is 12.6 Å². The quantitative estimate of drug-likeness (QED) is 0.771. The summed E-state index contributed by atoms with van der Waals surface area (Å²) in [6.45, 7) is 3.05. The highest BCUT2D eigenvalue weighted by Gasteiger charge is 2.14. The molecule has 0 aliphatic carbocycles. The molecular formula is C19H26N2. The van der Waals surface area contributed by atoms with Gasteiger partial charge in [-0.1, -0.05) is 80.4 Å². The van der Waals surface area contributed by atoms with Crippen molar-refractivity contribution < 1.29 is 0 Å². The third-order valence-electron chi connectivity index (χ3n) is 3.78. The minimum Gasteiger partial charge on any atom is -0.327 e. The summed E-state index contributed by atoms with van der Waals surface area (Å²) in [5.74, 6) is 0. The first kappa shape index (κ1) is 15.7. The van der Waals surface area contributed by atoms with Crippen molar-refractivity contribution in [2.24, 2.45) is 5.73 Å². The summed E-state index contributed by atoms with van der Waals surface area (Å²) >= 11 is 0. The van der Waals surface area contributed by atoms with Gasteiger partial charge < -0.3 is 11.1 Å². The molecule has 0 fully saturated rings. The summed E-state index contributed by atoms with van der Waals surface area (Å²) in [5, 5.41) is 3.64. The van der Waals surface area contributed by atoms with Crippen LogP contribution in [0, 0.1) is 0 Å². The number of rotatable bonds is 8. The van der Waals surface area contributed by atoms with Gasteiger partial charge in [-0.15, -0.1) is 0 Å². The average molecular weight is 282 g/mol. The second kappa shape index (κ2) is 8.60.